The van der Waals surface area contributed by atoms with Gasteiger partial charge in [-0.25, -0.2) is 13.2 Å². The van der Waals surface area contributed by atoms with Gasteiger partial charge >= 0.3 is 0 Å². The van der Waals surface area contributed by atoms with Crippen LogP contribution in [0.1, 0.15) is 31.4 Å². The van der Waals surface area contributed by atoms with Crippen LogP contribution in [-0.4, -0.2) is 33.3 Å². The Kier molecular flexibility index (Phi) is 8.15. The van der Waals surface area contributed by atoms with Crippen molar-refractivity contribution in [2.75, 3.05) is 26.9 Å². The van der Waals surface area contributed by atoms with Crippen molar-refractivity contribution in [1.82, 2.24) is 5.32 Å². The minimum absolute atomic E-state index is 0.136. The number of halogens is 3. The van der Waals surface area contributed by atoms with E-state index in [4.69, 9.17) is 9.47 Å². The molecule has 0 radical (unpaired) electrons. The zero-order valence-electron chi connectivity index (χ0n) is 12.4. The number of alkyl halides is 2. The summed E-state index contributed by atoms with van der Waals surface area (Å²) < 4.78 is 47.6. The summed E-state index contributed by atoms with van der Waals surface area (Å²) in [6, 6.07) is 4.59. The maximum Gasteiger partial charge on any atom is 0.261 e. The second-order valence-corrected chi connectivity index (χ2v) is 4.66. The molecule has 0 aliphatic carbocycles. The number of methoxy groups -OCH3 is 1. The lowest BCUT2D eigenvalue weighted by atomic mass is 10.0. The molecule has 1 aromatic carbocycles. The highest BCUT2D eigenvalue weighted by Gasteiger charge is 2.14. The zero-order chi connectivity index (χ0) is 15.7. The average Bonchev–Trinajstić information content (AvgIpc) is 2.46. The third kappa shape index (κ3) is 6.35. The van der Waals surface area contributed by atoms with E-state index in [1.54, 1.807) is 12.1 Å². The average molecular weight is 305 g/mol. The Hall–Kier alpha value is -1.27. The molecule has 0 spiro atoms. The zero-order valence-corrected chi connectivity index (χ0v) is 12.4. The Morgan fingerprint density at radius 2 is 2.05 bits per heavy atom. The van der Waals surface area contributed by atoms with Gasteiger partial charge in [0.2, 0.25) is 0 Å². The summed E-state index contributed by atoms with van der Waals surface area (Å²) in [5.74, 6) is -0.256. The topological polar surface area (TPSA) is 30.5 Å². The van der Waals surface area contributed by atoms with Crippen molar-refractivity contribution in [3.8, 4) is 5.75 Å². The van der Waals surface area contributed by atoms with E-state index in [9.17, 15) is 13.2 Å². The van der Waals surface area contributed by atoms with E-state index in [0.29, 0.717) is 6.42 Å². The van der Waals surface area contributed by atoms with E-state index < -0.39 is 18.8 Å². The molecule has 1 rings (SSSR count). The SMILES string of the molecule is CCCNC(CCOCC(F)F)c1ccc(OC)c(F)c1. The van der Waals surface area contributed by atoms with Gasteiger partial charge in [0.25, 0.3) is 6.43 Å². The summed E-state index contributed by atoms with van der Waals surface area (Å²) in [6.45, 7) is 2.40. The molecule has 0 aromatic heterocycles. The first-order valence-corrected chi connectivity index (χ1v) is 7.01. The Labute approximate surface area is 123 Å². The molecular formula is C15H22F3NO2. The predicted octanol–water partition coefficient (Wildman–Crippen LogP) is 3.55. The molecule has 3 nitrogen and oxygen atoms in total. The first-order valence-electron chi connectivity index (χ1n) is 7.01. The van der Waals surface area contributed by atoms with Gasteiger partial charge in [0, 0.05) is 12.6 Å². The van der Waals surface area contributed by atoms with Crippen LogP contribution < -0.4 is 10.1 Å². The molecule has 1 aromatic rings. The number of benzene rings is 1. The molecular weight excluding hydrogens is 283 g/mol. The second kappa shape index (κ2) is 9.63. The van der Waals surface area contributed by atoms with Crippen molar-refractivity contribution in [3.05, 3.63) is 29.6 Å². The van der Waals surface area contributed by atoms with Crippen LogP contribution in [0.25, 0.3) is 0 Å². The lowest BCUT2D eigenvalue weighted by Crippen LogP contribution is -2.24. The third-order valence-corrected chi connectivity index (χ3v) is 3.01. The van der Waals surface area contributed by atoms with Crippen molar-refractivity contribution in [3.63, 3.8) is 0 Å². The fraction of sp³-hybridized carbons (Fsp3) is 0.600. The van der Waals surface area contributed by atoms with Crippen LogP contribution in [0, 0.1) is 5.82 Å². The Balaban J connectivity index is 2.65. The molecule has 0 bridgehead atoms. The van der Waals surface area contributed by atoms with Gasteiger partial charge in [0.05, 0.1) is 7.11 Å². The van der Waals surface area contributed by atoms with Crippen molar-refractivity contribution in [2.45, 2.75) is 32.2 Å². The summed E-state index contributed by atoms with van der Waals surface area (Å²) in [5, 5.41) is 3.26. The van der Waals surface area contributed by atoms with Gasteiger partial charge in [-0.05, 0) is 37.1 Å². The van der Waals surface area contributed by atoms with Crippen molar-refractivity contribution in [1.29, 1.82) is 0 Å². The van der Waals surface area contributed by atoms with Crippen LogP contribution in [0.15, 0.2) is 18.2 Å². The molecule has 0 aliphatic heterocycles. The Morgan fingerprint density at radius 1 is 1.29 bits per heavy atom. The lowest BCUT2D eigenvalue weighted by Gasteiger charge is -2.19. The van der Waals surface area contributed by atoms with Crippen molar-refractivity contribution < 1.29 is 22.6 Å². The first-order chi connectivity index (χ1) is 10.1. The van der Waals surface area contributed by atoms with Crippen molar-refractivity contribution >= 4 is 0 Å². The fourth-order valence-corrected chi connectivity index (χ4v) is 1.98. The summed E-state index contributed by atoms with van der Waals surface area (Å²) in [6.07, 6.45) is -1.05. The summed E-state index contributed by atoms with van der Waals surface area (Å²) in [5.41, 5.74) is 0.752. The second-order valence-electron chi connectivity index (χ2n) is 4.66. The molecule has 0 heterocycles. The molecule has 1 unspecified atom stereocenters. The van der Waals surface area contributed by atoms with Crippen LogP contribution in [0.5, 0.6) is 5.75 Å². The summed E-state index contributed by atoms with van der Waals surface area (Å²) in [7, 11) is 1.41. The quantitative estimate of drug-likeness (QED) is 0.671. The van der Waals surface area contributed by atoms with E-state index in [1.807, 2.05) is 6.92 Å². The fourth-order valence-electron chi connectivity index (χ4n) is 1.98. The standard InChI is InChI=1S/C15H22F3NO2/c1-3-7-19-13(6-8-21-10-15(17)18)11-4-5-14(20-2)12(16)9-11/h4-5,9,13,15,19H,3,6-8,10H2,1-2H3. The minimum atomic E-state index is -2.47. The summed E-state index contributed by atoms with van der Waals surface area (Å²) >= 11 is 0. The maximum atomic E-state index is 13.7. The number of rotatable bonds is 10. The monoisotopic (exact) mass is 305 g/mol. The normalized spacial score (nSPS) is 12.7. The van der Waals surface area contributed by atoms with Gasteiger partial charge in [0.1, 0.15) is 6.61 Å². The molecule has 1 atom stereocenters. The smallest absolute Gasteiger partial charge is 0.261 e. The molecule has 1 N–H and O–H groups in total. The van der Waals surface area contributed by atoms with Gasteiger partial charge in [-0.15, -0.1) is 0 Å². The molecule has 0 aliphatic rings. The maximum absolute atomic E-state index is 13.7. The predicted molar refractivity (Wildman–Crippen MR) is 75.4 cm³/mol. The van der Waals surface area contributed by atoms with Gasteiger partial charge < -0.3 is 14.8 Å². The van der Waals surface area contributed by atoms with Gasteiger partial charge in [-0.2, -0.15) is 0 Å². The highest BCUT2D eigenvalue weighted by Crippen LogP contribution is 2.23. The van der Waals surface area contributed by atoms with Gasteiger partial charge in [-0.3, -0.25) is 0 Å². The molecule has 120 valence electrons. The third-order valence-electron chi connectivity index (χ3n) is 3.01. The number of hydrogen-bond donors (Lipinski definition) is 1. The van der Waals surface area contributed by atoms with Gasteiger partial charge in [-0.1, -0.05) is 13.0 Å². The van der Waals surface area contributed by atoms with E-state index in [0.717, 1.165) is 18.5 Å². The number of hydrogen-bond acceptors (Lipinski definition) is 3. The van der Waals surface area contributed by atoms with E-state index in [1.165, 1.54) is 13.2 Å². The largest absolute Gasteiger partial charge is 0.494 e. The molecule has 0 fully saturated rings. The van der Waals surface area contributed by atoms with Crippen LogP contribution in [0.4, 0.5) is 13.2 Å². The lowest BCUT2D eigenvalue weighted by molar-refractivity contribution is 0.0143. The van der Waals surface area contributed by atoms with Crippen LogP contribution in [0.2, 0.25) is 0 Å². The Bertz CT molecular complexity index is 416. The molecule has 0 saturated heterocycles. The van der Waals surface area contributed by atoms with E-state index in [2.05, 4.69) is 5.32 Å². The van der Waals surface area contributed by atoms with Crippen LogP contribution in [0.3, 0.4) is 0 Å². The number of ether oxygens (including phenoxy) is 2. The Morgan fingerprint density at radius 3 is 2.62 bits per heavy atom. The van der Waals surface area contributed by atoms with Crippen LogP contribution in [-0.2, 0) is 4.74 Å². The van der Waals surface area contributed by atoms with Crippen LogP contribution >= 0.6 is 0 Å². The molecule has 0 saturated carbocycles. The number of nitrogens with one attached hydrogen (secondary N) is 1. The van der Waals surface area contributed by atoms with E-state index >= 15 is 0 Å². The van der Waals surface area contributed by atoms with Gasteiger partial charge in [0.15, 0.2) is 11.6 Å². The highest BCUT2D eigenvalue weighted by molar-refractivity contribution is 5.31. The minimum Gasteiger partial charge on any atom is -0.494 e. The van der Waals surface area contributed by atoms with E-state index in [-0.39, 0.29) is 18.4 Å². The highest BCUT2D eigenvalue weighted by atomic mass is 19.3. The summed E-state index contributed by atoms with van der Waals surface area (Å²) in [4.78, 5) is 0. The first kappa shape index (κ1) is 17.8. The molecule has 21 heavy (non-hydrogen) atoms. The molecule has 0 amide bonds. The molecule has 6 heteroatoms. The van der Waals surface area contributed by atoms with Crippen molar-refractivity contribution in [2.24, 2.45) is 0 Å².